The zero-order valence-corrected chi connectivity index (χ0v) is 8.72. The molecule has 0 aliphatic carbocycles. The fourth-order valence-corrected chi connectivity index (χ4v) is 1.28. The monoisotopic (exact) mass is 210 g/mol. The first-order valence-corrected chi connectivity index (χ1v) is 4.89. The standard InChI is InChI=1S/C11H15FN2O/c1-8-7-9(12)3-4-10(8)11(15)14-6-2-5-13/h3-4,7H,2,5-6,13H2,1H3,(H,14,15). The largest absolute Gasteiger partial charge is 0.352 e. The lowest BCUT2D eigenvalue weighted by Gasteiger charge is -2.06. The van der Waals surface area contributed by atoms with Gasteiger partial charge < -0.3 is 11.1 Å². The van der Waals surface area contributed by atoms with Crippen molar-refractivity contribution < 1.29 is 9.18 Å². The van der Waals surface area contributed by atoms with Gasteiger partial charge in [0, 0.05) is 12.1 Å². The molecular weight excluding hydrogens is 195 g/mol. The summed E-state index contributed by atoms with van der Waals surface area (Å²) in [5.74, 6) is -0.507. The van der Waals surface area contributed by atoms with Gasteiger partial charge in [-0.25, -0.2) is 4.39 Å². The highest BCUT2D eigenvalue weighted by Gasteiger charge is 2.08. The molecule has 1 rings (SSSR count). The molecule has 0 radical (unpaired) electrons. The summed E-state index contributed by atoms with van der Waals surface area (Å²) in [7, 11) is 0. The number of nitrogens with two attached hydrogens (primary N) is 1. The molecule has 0 atom stereocenters. The molecule has 1 amide bonds. The zero-order chi connectivity index (χ0) is 11.3. The van der Waals surface area contributed by atoms with E-state index in [-0.39, 0.29) is 11.7 Å². The third-order valence-corrected chi connectivity index (χ3v) is 2.10. The van der Waals surface area contributed by atoms with Crippen LogP contribution in [0.1, 0.15) is 22.3 Å². The van der Waals surface area contributed by atoms with Crippen molar-refractivity contribution in [1.82, 2.24) is 5.32 Å². The molecule has 0 bridgehead atoms. The van der Waals surface area contributed by atoms with Crippen molar-refractivity contribution in [2.24, 2.45) is 5.73 Å². The number of benzene rings is 1. The Morgan fingerprint density at radius 2 is 2.27 bits per heavy atom. The Balaban J connectivity index is 2.65. The van der Waals surface area contributed by atoms with E-state index in [1.165, 1.54) is 18.2 Å². The molecule has 0 aliphatic heterocycles. The molecule has 15 heavy (non-hydrogen) atoms. The van der Waals surface area contributed by atoms with E-state index in [9.17, 15) is 9.18 Å². The fraction of sp³-hybridized carbons (Fsp3) is 0.364. The summed E-state index contributed by atoms with van der Waals surface area (Å²) in [5, 5.41) is 2.72. The third-order valence-electron chi connectivity index (χ3n) is 2.10. The van der Waals surface area contributed by atoms with E-state index in [1.807, 2.05) is 0 Å². The summed E-state index contributed by atoms with van der Waals surface area (Å²) in [6.07, 6.45) is 0.742. The summed E-state index contributed by atoms with van der Waals surface area (Å²) in [6, 6.07) is 4.12. The summed E-state index contributed by atoms with van der Waals surface area (Å²) < 4.78 is 12.8. The molecule has 1 aromatic rings. The molecule has 82 valence electrons. The van der Waals surface area contributed by atoms with Crippen molar-refractivity contribution in [2.75, 3.05) is 13.1 Å². The van der Waals surface area contributed by atoms with Crippen LogP contribution in [0.25, 0.3) is 0 Å². The van der Waals surface area contributed by atoms with Gasteiger partial charge in [0.05, 0.1) is 0 Å². The average Bonchev–Trinajstić information content (AvgIpc) is 2.17. The van der Waals surface area contributed by atoms with Crippen LogP contribution in [0.4, 0.5) is 4.39 Å². The van der Waals surface area contributed by atoms with Crippen molar-refractivity contribution in [3.8, 4) is 0 Å². The molecule has 0 fully saturated rings. The summed E-state index contributed by atoms with van der Waals surface area (Å²) >= 11 is 0. The molecule has 0 aromatic heterocycles. The summed E-state index contributed by atoms with van der Waals surface area (Å²) in [5.41, 5.74) is 6.45. The second-order valence-electron chi connectivity index (χ2n) is 3.36. The normalized spacial score (nSPS) is 10.1. The second-order valence-corrected chi connectivity index (χ2v) is 3.36. The molecule has 0 unspecified atom stereocenters. The van der Waals surface area contributed by atoms with Gasteiger partial charge in [0.15, 0.2) is 0 Å². The zero-order valence-electron chi connectivity index (χ0n) is 8.72. The summed E-state index contributed by atoms with van der Waals surface area (Å²) in [4.78, 5) is 11.6. The highest BCUT2D eigenvalue weighted by molar-refractivity contribution is 5.95. The molecule has 0 heterocycles. The van der Waals surface area contributed by atoms with Crippen LogP contribution in [-0.4, -0.2) is 19.0 Å². The van der Waals surface area contributed by atoms with Crippen molar-refractivity contribution in [1.29, 1.82) is 0 Å². The van der Waals surface area contributed by atoms with Crippen LogP contribution >= 0.6 is 0 Å². The van der Waals surface area contributed by atoms with Gasteiger partial charge in [0.1, 0.15) is 5.82 Å². The number of carbonyl (C=O) groups is 1. The minimum Gasteiger partial charge on any atom is -0.352 e. The number of halogens is 1. The van der Waals surface area contributed by atoms with Crippen LogP contribution in [0.5, 0.6) is 0 Å². The van der Waals surface area contributed by atoms with Crippen LogP contribution < -0.4 is 11.1 Å². The van der Waals surface area contributed by atoms with Gasteiger partial charge in [0.2, 0.25) is 0 Å². The molecule has 0 aliphatic rings. The first-order valence-electron chi connectivity index (χ1n) is 4.89. The molecule has 0 spiro atoms. The maximum absolute atomic E-state index is 12.8. The van der Waals surface area contributed by atoms with E-state index in [4.69, 9.17) is 5.73 Å². The van der Waals surface area contributed by atoms with Crippen molar-refractivity contribution in [3.05, 3.63) is 35.1 Å². The Kier molecular flexibility index (Phi) is 4.24. The van der Waals surface area contributed by atoms with Gasteiger partial charge in [0.25, 0.3) is 5.91 Å². The first-order chi connectivity index (χ1) is 7.15. The predicted octanol–water partition coefficient (Wildman–Crippen LogP) is 1.21. The maximum atomic E-state index is 12.8. The minimum atomic E-state index is -0.328. The van der Waals surface area contributed by atoms with Gasteiger partial charge in [-0.3, -0.25) is 4.79 Å². The molecule has 1 aromatic carbocycles. The van der Waals surface area contributed by atoms with Crippen LogP contribution in [0.15, 0.2) is 18.2 Å². The number of carbonyl (C=O) groups excluding carboxylic acids is 1. The fourth-order valence-electron chi connectivity index (χ4n) is 1.28. The Morgan fingerprint density at radius 1 is 1.53 bits per heavy atom. The molecular formula is C11H15FN2O. The molecule has 0 saturated heterocycles. The van der Waals surface area contributed by atoms with Crippen molar-refractivity contribution in [2.45, 2.75) is 13.3 Å². The first kappa shape index (κ1) is 11.7. The topological polar surface area (TPSA) is 55.1 Å². The van der Waals surface area contributed by atoms with E-state index in [1.54, 1.807) is 6.92 Å². The van der Waals surface area contributed by atoms with Crippen LogP contribution in [0.3, 0.4) is 0 Å². The molecule has 3 N–H and O–H groups in total. The number of amides is 1. The lowest BCUT2D eigenvalue weighted by Crippen LogP contribution is -2.26. The Hall–Kier alpha value is -1.42. The smallest absolute Gasteiger partial charge is 0.251 e. The van der Waals surface area contributed by atoms with Crippen molar-refractivity contribution in [3.63, 3.8) is 0 Å². The number of hydrogen-bond donors (Lipinski definition) is 2. The van der Waals surface area contributed by atoms with Crippen LogP contribution in [0.2, 0.25) is 0 Å². The number of hydrogen-bond acceptors (Lipinski definition) is 2. The van der Waals surface area contributed by atoms with Gasteiger partial charge in [-0.1, -0.05) is 0 Å². The average molecular weight is 210 g/mol. The Bertz CT molecular complexity index is 352. The maximum Gasteiger partial charge on any atom is 0.251 e. The summed E-state index contributed by atoms with van der Waals surface area (Å²) in [6.45, 7) is 2.80. The van der Waals surface area contributed by atoms with Gasteiger partial charge in [-0.2, -0.15) is 0 Å². The van der Waals surface area contributed by atoms with Crippen LogP contribution in [-0.2, 0) is 0 Å². The van der Waals surface area contributed by atoms with Gasteiger partial charge >= 0.3 is 0 Å². The van der Waals surface area contributed by atoms with Gasteiger partial charge in [-0.05, 0) is 43.7 Å². The quantitative estimate of drug-likeness (QED) is 0.734. The molecule has 3 nitrogen and oxygen atoms in total. The predicted molar refractivity (Wildman–Crippen MR) is 57.1 cm³/mol. The minimum absolute atomic E-state index is 0.180. The van der Waals surface area contributed by atoms with Crippen molar-refractivity contribution >= 4 is 5.91 Å². The SMILES string of the molecule is Cc1cc(F)ccc1C(=O)NCCCN. The third kappa shape index (κ3) is 3.32. The van der Waals surface area contributed by atoms with E-state index in [0.717, 1.165) is 6.42 Å². The Labute approximate surface area is 88.5 Å². The molecule has 4 heteroatoms. The number of aryl methyl sites for hydroxylation is 1. The number of nitrogens with one attached hydrogen (secondary N) is 1. The molecule has 0 saturated carbocycles. The lowest BCUT2D eigenvalue weighted by atomic mass is 10.1. The van der Waals surface area contributed by atoms with E-state index in [0.29, 0.717) is 24.2 Å². The second kappa shape index (κ2) is 5.46. The van der Waals surface area contributed by atoms with E-state index >= 15 is 0 Å². The highest BCUT2D eigenvalue weighted by Crippen LogP contribution is 2.09. The number of rotatable bonds is 4. The lowest BCUT2D eigenvalue weighted by molar-refractivity contribution is 0.0953. The van der Waals surface area contributed by atoms with Gasteiger partial charge in [-0.15, -0.1) is 0 Å². The Morgan fingerprint density at radius 3 is 2.87 bits per heavy atom. The highest BCUT2D eigenvalue weighted by atomic mass is 19.1. The van der Waals surface area contributed by atoms with E-state index < -0.39 is 0 Å². The van der Waals surface area contributed by atoms with E-state index in [2.05, 4.69) is 5.32 Å². The van der Waals surface area contributed by atoms with Crippen LogP contribution in [0, 0.1) is 12.7 Å².